The molecule has 4 nitrogen and oxygen atoms in total. The second-order valence-electron chi connectivity index (χ2n) is 5.06. The lowest BCUT2D eigenvalue weighted by Crippen LogP contribution is -2.33. The first-order valence-electron chi connectivity index (χ1n) is 6.86. The molecule has 0 bridgehead atoms. The summed E-state index contributed by atoms with van der Waals surface area (Å²) in [6.07, 6.45) is 9.24. The summed E-state index contributed by atoms with van der Waals surface area (Å²) in [4.78, 5) is 6.67. The van der Waals surface area contributed by atoms with E-state index in [4.69, 9.17) is 0 Å². The first-order valence-corrected chi connectivity index (χ1v) is 6.86. The summed E-state index contributed by atoms with van der Waals surface area (Å²) in [6.45, 7) is 2.07. The molecule has 100 valence electrons. The smallest absolute Gasteiger partial charge is 0.0547 e. The normalized spacial score (nSPS) is 16.2. The van der Waals surface area contributed by atoms with Crippen molar-refractivity contribution in [2.24, 2.45) is 0 Å². The van der Waals surface area contributed by atoms with Gasteiger partial charge in [0, 0.05) is 26.2 Å². The largest absolute Gasteiger partial charge is 0.387 e. The molecule has 0 spiro atoms. The number of likely N-dealkylation sites (N-methyl/N-ethyl adjacent to an activating group) is 1. The van der Waals surface area contributed by atoms with Crippen molar-refractivity contribution >= 4 is 11.4 Å². The number of anilines is 2. The first-order chi connectivity index (χ1) is 8.79. The van der Waals surface area contributed by atoms with Crippen molar-refractivity contribution in [3.05, 3.63) is 18.5 Å². The van der Waals surface area contributed by atoms with Crippen LogP contribution in [0.3, 0.4) is 0 Å². The minimum Gasteiger partial charge on any atom is -0.387 e. The Bertz CT molecular complexity index is 361. The summed E-state index contributed by atoms with van der Waals surface area (Å²) in [5.41, 5.74) is 2.13. The molecule has 1 aliphatic rings. The van der Waals surface area contributed by atoms with Gasteiger partial charge in [0.05, 0.1) is 23.8 Å². The van der Waals surface area contributed by atoms with Crippen molar-refractivity contribution < 1.29 is 0 Å². The summed E-state index contributed by atoms with van der Waals surface area (Å²) >= 11 is 0. The van der Waals surface area contributed by atoms with Crippen molar-refractivity contribution in [2.45, 2.75) is 31.7 Å². The van der Waals surface area contributed by atoms with Gasteiger partial charge in [0.15, 0.2) is 0 Å². The minimum absolute atomic E-state index is 0.800. The quantitative estimate of drug-likeness (QED) is 0.811. The van der Waals surface area contributed by atoms with E-state index in [9.17, 15) is 0 Å². The van der Waals surface area contributed by atoms with Crippen molar-refractivity contribution in [2.75, 3.05) is 37.8 Å². The molecule has 0 saturated heterocycles. The predicted octanol–water partition coefficient (Wildman–Crippen LogP) is 2.41. The molecule has 1 fully saturated rings. The van der Waals surface area contributed by atoms with Gasteiger partial charge in [-0.2, -0.15) is 0 Å². The molecule has 4 heteroatoms. The zero-order chi connectivity index (χ0) is 12.8. The average molecular weight is 248 g/mol. The number of rotatable bonds is 6. The SMILES string of the molecule is CNc1cncc(NCCN(C)C2CCCC2)c1. The van der Waals surface area contributed by atoms with Gasteiger partial charge < -0.3 is 15.5 Å². The maximum Gasteiger partial charge on any atom is 0.0547 e. The van der Waals surface area contributed by atoms with Gasteiger partial charge in [-0.3, -0.25) is 4.98 Å². The van der Waals surface area contributed by atoms with Crippen LogP contribution in [0.25, 0.3) is 0 Å². The van der Waals surface area contributed by atoms with E-state index in [0.717, 1.165) is 30.5 Å². The molecule has 0 atom stereocenters. The molecular weight excluding hydrogens is 224 g/mol. The van der Waals surface area contributed by atoms with Crippen LogP contribution < -0.4 is 10.6 Å². The topological polar surface area (TPSA) is 40.2 Å². The highest BCUT2D eigenvalue weighted by Crippen LogP contribution is 2.22. The van der Waals surface area contributed by atoms with Crippen molar-refractivity contribution in [1.29, 1.82) is 0 Å². The number of aromatic nitrogens is 1. The van der Waals surface area contributed by atoms with Crippen LogP contribution in [0.15, 0.2) is 18.5 Å². The summed E-state index contributed by atoms with van der Waals surface area (Å²) < 4.78 is 0. The summed E-state index contributed by atoms with van der Waals surface area (Å²) in [6, 6.07) is 2.89. The molecule has 2 N–H and O–H groups in total. The fourth-order valence-electron chi connectivity index (χ4n) is 2.58. The van der Waals surface area contributed by atoms with Gasteiger partial charge in [-0.25, -0.2) is 0 Å². The lowest BCUT2D eigenvalue weighted by molar-refractivity contribution is 0.254. The molecule has 2 rings (SSSR count). The first kappa shape index (κ1) is 13.1. The van der Waals surface area contributed by atoms with E-state index in [0.29, 0.717) is 0 Å². The van der Waals surface area contributed by atoms with Gasteiger partial charge in [-0.15, -0.1) is 0 Å². The van der Waals surface area contributed by atoms with Crippen molar-refractivity contribution in [1.82, 2.24) is 9.88 Å². The molecule has 0 amide bonds. The fourth-order valence-corrected chi connectivity index (χ4v) is 2.58. The van der Waals surface area contributed by atoms with Crippen molar-refractivity contribution in [3.63, 3.8) is 0 Å². The molecule has 1 saturated carbocycles. The number of hydrogen-bond acceptors (Lipinski definition) is 4. The monoisotopic (exact) mass is 248 g/mol. The summed E-state index contributed by atoms with van der Waals surface area (Å²) in [5, 5.41) is 6.53. The lowest BCUT2D eigenvalue weighted by atomic mass is 10.2. The molecular formula is C14H24N4. The van der Waals surface area contributed by atoms with E-state index in [1.54, 1.807) is 0 Å². The fraction of sp³-hybridized carbons (Fsp3) is 0.643. The minimum atomic E-state index is 0.800. The molecule has 1 heterocycles. The van der Waals surface area contributed by atoms with E-state index < -0.39 is 0 Å². The summed E-state index contributed by atoms with van der Waals surface area (Å²) in [7, 11) is 4.15. The lowest BCUT2D eigenvalue weighted by Gasteiger charge is -2.24. The van der Waals surface area contributed by atoms with Gasteiger partial charge in [0.1, 0.15) is 0 Å². The third-order valence-electron chi connectivity index (χ3n) is 3.77. The number of hydrogen-bond donors (Lipinski definition) is 2. The van der Waals surface area contributed by atoms with Crippen LogP contribution in [0.4, 0.5) is 11.4 Å². The van der Waals surface area contributed by atoms with E-state index in [2.05, 4.69) is 33.6 Å². The van der Waals surface area contributed by atoms with Crippen LogP contribution >= 0.6 is 0 Å². The van der Waals surface area contributed by atoms with E-state index in [-0.39, 0.29) is 0 Å². The van der Waals surface area contributed by atoms with Gasteiger partial charge in [0.2, 0.25) is 0 Å². The Morgan fingerprint density at radius 2 is 2.00 bits per heavy atom. The maximum atomic E-state index is 4.19. The van der Waals surface area contributed by atoms with Gasteiger partial charge >= 0.3 is 0 Å². The number of nitrogens with one attached hydrogen (secondary N) is 2. The van der Waals surface area contributed by atoms with E-state index in [1.165, 1.54) is 25.7 Å². The maximum absolute atomic E-state index is 4.19. The zero-order valence-corrected chi connectivity index (χ0v) is 11.4. The molecule has 1 aromatic rings. The van der Waals surface area contributed by atoms with Crippen LogP contribution in [0.2, 0.25) is 0 Å². The van der Waals surface area contributed by atoms with Gasteiger partial charge in [-0.05, 0) is 26.0 Å². The second kappa shape index (κ2) is 6.59. The van der Waals surface area contributed by atoms with Crippen LogP contribution in [0, 0.1) is 0 Å². The zero-order valence-electron chi connectivity index (χ0n) is 11.4. The average Bonchev–Trinajstić information content (AvgIpc) is 2.93. The Labute approximate surface area is 110 Å². The number of nitrogens with zero attached hydrogens (tertiary/aromatic N) is 2. The highest BCUT2D eigenvalue weighted by molar-refractivity contribution is 5.53. The molecule has 0 aliphatic heterocycles. The Morgan fingerprint density at radius 1 is 1.28 bits per heavy atom. The second-order valence-corrected chi connectivity index (χ2v) is 5.06. The Balaban J connectivity index is 1.73. The predicted molar refractivity (Wildman–Crippen MR) is 77.2 cm³/mol. The van der Waals surface area contributed by atoms with Gasteiger partial charge in [0.25, 0.3) is 0 Å². The van der Waals surface area contributed by atoms with Crippen molar-refractivity contribution in [3.8, 4) is 0 Å². The van der Waals surface area contributed by atoms with Crippen LogP contribution in [0.5, 0.6) is 0 Å². The standard InChI is InChI=1S/C14H24N4/c1-15-12-9-13(11-16-10-12)17-7-8-18(2)14-5-3-4-6-14/h9-11,14-15,17H,3-8H2,1-2H3. The van der Waals surface area contributed by atoms with Crippen LogP contribution in [0.1, 0.15) is 25.7 Å². The van der Waals surface area contributed by atoms with Crippen LogP contribution in [-0.4, -0.2) is 43.1 Å². The molecule has 0 unspecified atom stereocenters. The Morgan fingerprint density at radius 3 is 2.72 bits per heavy atom. The molecule has 18 heavy (non-hydrogen) atoms. The van der Waals surface area contributed by atoms with Crippen LogP contribution in [-0.2, 0) is 0 Å². The Hall–Kier alpha value is -1.29. The molecule has 0 aromatic carbocycles. The number of pyridine rings is 1. The molecule has 0 radical (unpaired) electrons. The highest BCUT2D eigenvalue weighted by Gasteiger charge is 2.18. The third kappa shape index (κ3) is 3.60. The third-order valence-corrected chi connectivity index (χ3v) is 3.77. The van der Waals surface area contributed by atoms with E-state index >= 15 is 0 Å². The van der Waals surface area contributed by atoms with E-state index in [1.807, 2.05) is 19.4 Å². The highest BCUT2D eigenvalue weighted by atomic mass is 15.1. The van der Waals surface area contributed by atoms with Gasteiger partial charge in [-0.1, -0.05) is 12.8 Å². The molecule has 1 aromatic heterocycles. The molecule has 1 aliphatic carbocycles. The Kier molecular flexibility index (Phi) is 4.81. The summed E-state index contributed by atoms with van der Waals surface area (Å²) in [5.74, 6) is 0.